The first-order chi connectivity index (χ1) is 24.0. The number of hydrogen-bond acceptors (Lipinski definition) is 2. The summed E-state index contributed by atoms with van der Waals surface area (Å²) in [7, 11) is 1.71. The maximum Gasteiger partial charge on any atom is 0.179 e. The van der Waals surface area contributed by atoms with Gasteiger partial charge in [-0.3, -0.25) is 0 Å². The Morgan fingerprint density at radius 2 is 0.694 bits per heavy atom. The summed E-state index contributed by atoms with van der Waals surface area (Å²) in [5, 5.41) is 0. The molecule has 0 saturated heterocycles. The highest BCUT2D eigenvalue weighted by molar-refractivity contribution is 6.47. The van der Waals surface area contributed by atoms with Crippen LogP contribution in [0.5, 0.6) is 0 Å². The minimum absolute atomic E-state index is 0.801. The van der Waals surface area contributed by atoms with Crippen LogP contribution >= 0.6 is 0 Å². The first kappa shape index (κ1) is 36.9. The van der Waals surface area contributed by atoms with Gasteiger partial charge in [0, 0.05) is 0 Å². The fraction of sp³-hybridized carbons (Fsp3) is 0.200. The highest BCUT2D eigenvalue weighted by Gasteiger charge is 2.18. The molecule has 0 spiro atoms. The van der Waals surface area contributed by atoms with Crippen molar-refractivity contribution in [1.29, 1.82) is 0 Å². The van der Waals surface area contributed by atoms with Crippen LogP contribution in [0.15, 0.2) is 159 Å². The van der Waals surface area contributed by atoms with Crippen molar-refractivity contribution in [3.05, 3.63) is 203 Å². The zero-order valence-electron chi connectivity index (χ0n) is 29.3. The van der Waals surface area contributed by atoms with Crippen LogP contribution in [0.25, 0.3) is 11.1 Å². The van der Waals surface area contributed by atoms with Gasteiger partial charge in [-0.15, -0.1) is 26.3 Å². The Morgan fingerprint density at radius 3 is 0.959 bits per heavy atom. The van der Waals surface area contributed by atoms with Crippen molar-refractivity contribution in [3.8, 4) is 0 Å². The van der Waals surface area contributed by atoms with E-state index < -0.39 is 0 Å². The molecule has 0 aliphatic rings. The third-order valence-corrected chi connectivity index (χ3v) is 9.14. The highest BCUT2D eigenvalue weighted by atomic mass is 14.6. The van der Waals surface area contributed by atoms with E-state index in [4.69, 9.17) is 11.5 Å². The Hall–Kier alpha value is -4.95. The van der Waals surface area contributed by atoms with Crippen LogP contribution in [0.1, 0.15) is 63.8 Å². The van der Waals surface area contributed by atoms with Crippen LogP contribution < -0.4 is 11.5 Å². The molecule has 4 heteroatoms. The summed E-state index contributed by atoms with van der Waals surface area (Å²) in [5.41, 5.74) is 27.9. The van der Waals surface area contributed by atoms with E-state index in [1.165, 1.54) is 44.5 Å². The molecule has 4 rings (SSSR count). The van der Waals surface area contributed by atoms with Gasteiger partial charge < -0.3 is 11.5 Å². The van der Waals surface area contributed by atoms with Gasteiger partial charge in [0.05, 0.1) is 0 Å². The fourth-order valence-corrected chi connectivity index (χ4v) is 6.78. The normalized spacial score (nSPS) is 10.4. The topological polar surface area (TPSA) is 52.0 Å². The molecule has 4 aromatic rings. The maximum absolute atomic E-state index is 7.00. The lowest BCUT2D eigenvalue weighted by Crippen LogP contribution is -2.13. The van der Waals surface area contributed by atoms with Crippen molar-refractivity contribution in [1.82, 2.24) is 0 Å². The molecule has 0 fully saturated rings. The van der Waals surface area contributed by atoms with Crippen molar-refractivity contribution >= 4 is 25.7 Å². The quantitative estimate of drug-likeness (QED) is 0.0573. The van der Waals surface area contributed by atoms with Crippen molar-refractivity contribution < 1.29 is 0 Å². The summed E-state index contributed by atoms with van der Waals surface area (Å²) in [5.74, 6) is 0. The molecular formula is C45H52B2N2. The lowest BCUT2D eigenvalue weighted by atomic mass is 9.64. The van der Waals surface area contributed by atoms with Gasteiger partial charge in [-0.25, -0.2) is 0 Å². The average molecular weight is 643 g/mol. The van der Waals surface area contributed by atoms with E-state index >= 15 is 0 Å². The van der Waals surface area contributed by atoms with Crippen LogP contribution in [-0.2, 0) is 25.7 Å². The maximum atomic E-state index is 7.00. The highest BCUT2D eigenvalue weighted by Crippen LogP contribution is 2.33. The lowest BCUT2D eigenvalue weighted by molar-refractivity contribution is 0.766. The average Bonchev–Trinajstić information content (AvgIpc) is 3.11. The van der Waals surface area contributed by atoms with Gasteiger partial charge in [-0.1, -0.05) is 153 Å². The van der Waals surface area contributed by atoms with Gasteiger partial charge in [0.1, 0.15) is 0 Å². The Labute approximate surface area is 297 Å². The van der Waals surface area contributed by atoms with Crippen LogP contribution in [0.4, 0.5) is 0 Å². The van der Waals surface area contributed by atoms with Gasteiger partial charge in [0.2, 0.25) is 0 Å². The summed E-state index contributed by atoms with van der Waals surface area (Å²) in [6.07, 6.45) is 16.5. The minimum Gasteiger partial charge on any atom is -0.409 e. The molecule has 4 aromatic carbocycles. The van der Waals surface area contributed by atoms with Gasteiger partial charge in [-0.05, 0) is 92.5 Å². The van der Waals surface area contributed by atoms with Crippen molar-refractivity contribution in [2.45, 2.75) is 57.6 Å². The number of hydrogen-bond donors (Lipinski definition) is 2. The minimum atomic E-state index is 0.801. The Kier molecular flexibility index (Phi) is 14.9. The van der Waals surface area contributed by atoms with Gasteiger partial charge in [0.15, 0.2) is 14.6 Å². The van der Waals surface area contributed by atoms with Crippen molar-refractivity contribution in [2.24, 2.45) is 11.5 Å². The monoisotopic (exact) mass is 642 g/mol. The van der Waals surface area contributed by atoms with Gasteiger partial charge in [0.25, 0.3) is 0 Å². The molecular weight excluding hydrogens is 590 g/mol. The van der Waals surface area contributed by atoms with Crippen LogP contribution in [0.2, 0.25) is 12.6 Å². The first-order valence-corrected chi connectivity index (χ1v) is 17.8. The van der Waals surface area contributed by atoms with Gasteiger partial charge >= 0.3 is 0 Å². The predicted molar refractivity (Wildman–Crippen MR) is 220 cm³/mol. The molecule has 0 heterocycles. The zero-order valence-corrected chi connectivity index (χ0v) is 29.3. The standard InChI is InChI=1S/C45H52B2N2/c1-5-20-34-24-10-14-28-38(34)42(39-29-15-11-25-35(39)21-6-2)44(48)46-32-18-9-19-33-47-45(49)43(40-30-16-12-26-36(40)22-7-3)41-31-17-13-27-37(41)23-8-4/h5-8,10-17,24-31,46-47H,1-4,9,18-23,32-33,48-49H2. The van der Waals surface area contributed by atoms with Crippen LogP contribution in [-0.4, -0.2) is 14.6 Å². The summed E-state index contributed by atoms with van der Waals surface area (Å²) < 4.78 is 0. The zero-order chi connectivity index (χ0) is 34.8. The third kappa shape index (κ3) is 10.0. The second-order valence-corrected chi connectivity index (χ2v) is 12.7. The van der Waals surface area contributed by atoms with E-state index in [1.54, 1.807) is 0 Å². The Balaban J connectivity index is 1.48. The Morgan fingerprint density at radius 1 is 0.429 bits per heavy atom. The Bertz CT molecular complexity index is 1550. The summed E-state index contributed by atoms with van der Waals surface area (Å²) in [6.45, 7) is 16.0. The van der Waals surface area contributed by atoms with E-state index in [-0.39, 0.29) is 0 Å². The number of unbranched alkanes of at least 4 members (excludes halogenated alkanes) is 2. The molecule has 0 bridgehead atoms. The molecule has 0 aliphatic carbocycles. The van der Waals surface area contributed by atoms with Gasteiger partial charge in [-0.2, -0.15) is 0 Å². The molecule has 2 nitrogen and oxygen atoms in total. The molecule has 0 saturated carbocycles. The van der Waals surface area contributed by atoms with Crippen molar-refractivity contribution in [2.75, 3.05) is 0 Å². The molecule has 0 aliphatic heterocycles. The fourth-order valence-electron chi connectivity index (χ4n) is 6.78. The largest absolute Gasteiger partial charge is 0.409 e. The van der Waals surface area contributed by atoms with Crippen LogP contribution in [0, 0.1) is 0 Å². The SMILES string of the molecule is C=CCc1ccccc1C(=C(N)BCCCCCBC(N)=C(c1ccccc1CC=C)c1ccccc1CC=C)c1ccccc1CC=C. The lowest BCUT2D eigenvalue weighted by Gasteiger charge is -2.19. The van der Waals surface area contributed by atoms with E-state index in [0.717, 1.165) is 94.5 Å². The molecule has 0 radical (unpaired) electrons. The predicted octanol–water partition coefficient (Wildman–Crippen LogP) is 9.53. The second-order valence-electron chi connectivity index (χ2n) is 12.7. The summed E-state index contributed by atoms with van der Waals surface area (Å²) in [6, 6.07) is 34.3. The van der Waals surface area contributed by atoms with E-state index in [2.05, 4.69) is 123 Å². The van der Waals surface area contributed by atoms with Crippen LogP contribution in [0.3, 0.4) is 0 Å². The smallest absolute Gasteiger partial charge is 0.179 e. The number of rotatable bonds is 20. The molecule has 0 amide bonds. The summed E-state index contributed by atoms with van der Waals surface area (Å²) in [4.78, 5) is 0. The van der Waals surface area contributed by atoms with E-state index in [0.29, 0.717) is 0 Å². The second kappa shape index (κ2) is 19.8. The number of benzene rings is 4. The first-order valence-electron chi connectivity index (χ1n) is 17.8. The molecule has 0 aromatic heterocycles. The van der Waals surface area contributed by atoms with Crippen molar-refractivity contribution in [3.63, 3.8) is 0 Å². The number of nitrogens with two attached hydrogens (primary N) is 2. The molecule has 49 heavy (non-hydrogen) atoms. The molecule has 0 atom stereocenters. The molecule has 0 unspecified atom stereocenters. The molecule has 4 N–H and O–H groups in total. The van der Waals surface area contributed by atoms with E-state index in [1.807, 2.05) is 24.3 Å². The summed E-state index contributed by atoms with van der Waals surface area (Å²) >= 11 is 0. The third-order valence-electron chi connectivity index (χ3n) is 9.14. The number of allylic oxidation sites excluding steroid dienone is 4. The van der Waals surface area contributed by atoms with E-state index in [9.17, 15) is 0 Å². The molecule has 248 valence electrons.